The molecule has 2 fully saturated rings. The summed E-state index contributed by atoms with van der Waals surface area (Å²) in [6.07, 6.45) is 7.99. The molecule has 2 aromatic rings. The number of pyridine rings is 1. The Labute approximate surface area is 146 Å². The van der Waals surface area contributed by atoms with Crippen LogP contribution in [0.2, 0.25) is 0 Å². The third kappa shape index (κ3) is 3.05. The monoisotopic (exact) mass is 341 g/mol. The minimum Gasteiger partial charge on any atom is -0.370 e. The van der Waals surface area contributed by atoms with Gasteiger partial charge in [-0.2, -0.15) is 0 Å². The number of thiophene rings is 1. The lowest BCUT2D eigenvalue weighted by Crippen LogP contribution is -2.41. The molecule has 0 radical (unpaired) electrons. The first-order chi connectivity index (χ1) is 11.8. The molecule has 4 nitrogen and oxygen atoms in total. The normalized spacial score (nSPS) is 19.9. The summed E-state index contributed by atoms with van der Waals surface area (Å²) in [5, 5.41) is 5.30. The van der Waals surface area contributed by atoms with Gasteiger partial charge in [0, 0.05) is 30.7 Å². The first-order valence-corrected chi connectivity index (χ1v) is 9.63. The van der Waals surface area contributed by atoms with Crippen molar-refractivity contribution in [2.45, 2.75) is 31.1 Å². The maximum atomic E-state index is 12.6. The molecule has 1 saturated carbocycles. The minimum absolute atomic E-state index is 0.204. The molecule has 2 aromatic heterocycles. The number of amides is 1. The average Bonchev–Trinajstić information content (AvgIpc) is 3.27. The Morgan fingerprint density at radius 3 is 2.75 bits per heavy atom. The summed E-state index contributed by atoms with van der Waals surface area (Å²) in [5.41, 5.74) is 1.000. The number of aromatic nitrogens is 1. The Balaban J connectivity index is 1.27. The van der Waals surface area contributed by atoms with E-state index in [1.54, 1.807) is 11.3 Å². The van der Waals surface area contributed by atoms with Gasteiger partial charge in [-0.3, -0.25) is 9.78 Å². The van der Waals surface area contributed by atoms with Crippen molar-refractivity contribution in [3.05, 3.63) is 46.9 Å². The fourth-order valence-corrected chi connectivity index (χ4v) is 4.59. The second kappa shape index (κ2) is 6.55. The van der Waals surface area contributed by atoms with Gasteiger partial charge in [0.15, 0.2) is 0 Å². The van der Waals surface area contributed by atoms with Crippen LogP contribution in [0, 0.1) is 5.92 Å². The molecule has 24 heavy (non-hydrogen) atoms. The molecule has 4 rings (SSSR count). The molecular formula is C19H23N3OS. The molecule has 0 unspecified atom stereocenters. The van der Waals surface area contributed by atoms with Crippen LogP contribution in [0.3, 0.4) is 0 Å². The van der Waals surface area contributed by atoms with Crippen LogP contribution in [-0.4, -0.2) is 30.5 Å². The molecule has 1 amide bonds. The van der Waals surface area contributed by atoms with Gasteiger partial charge >= 0.3 is 0 Å². The van der Waals surface area contributed by atoms with Gasteiger partial charge in [-0.15, -0.1) is 11.3 Å². The zero-order chi connectivity index (χ0) is 16.4. The second-order valence-electron chi connectivity index (χ2n) is 6.91. The average molecular weight is 341 g/mol. The summed E-state index contributed by atoms with van der Waals surface area (Å²) >= 11 is 1.71. The summed E-state index contributed by atoms with van der Waals surface area (Å²) in [4.78, 5) is 20.4. The number of carbonyl (C=O) groups excluding carboxylic acids is 1. The minimum atomic E-state index is -0.204. The van der Waals surface area contributed by atoms with Crippen molar-refractivity contribution in [2.24, 2.45) is 5.92 Å². The van der Waals surface area contributed by atoms with Crippen LogP contribution < -0.4 is 10.2 Å². The van der Waals surface area contributed by atoms with Gasteiger partial charge in [0.2, 0.25) is 5.91 Å². The molecular weight excluding hydrogens is 318 g/mol. The van der Waals surface area contributed by atoms with E-state index in [0.717, 1.165) is 45.3 Å². The van der Waals surface area contributed by atoms with Crippen LogP contribution in [0.5, 0.6) is 0 Å². The zero-order valence-electron chi connectivity index (χ0n) is 13.8. The van der Waals surface area contributed by atoms with E-state index >= 15 is 0 Å². The highest BCUT2D eigenvalue weighted by Gasteiger charge is 2.52. The first kappa shape index (κ1) is 15.6. The number of carbonyl (C=O) groups is 1. The molecule has 0 spiro atoms. The van der Waals surface area contributed by atoms with Crippen LogP contribution in [-0.2, 0) is 10.2 Å². The third-order valence-electron chi connectivity index (χ3n) is 5.35. The standard InChI is InChI=1S/C19H23N3OS/c23-18(19(7-8-19)17-4-2-12-24-17)21-13-15-5-10-22(11-6-15)16-3-1-9-20-14-16/h1-4,9,12,14-15H,5-8,10-11,13H2,(H,21,23). The molecule has 1 aliphatic carbocycles. The number of nitrogens with one attached hydrogen (secondary N) is 1. The fourth-order valence-electron chi connectivity index (χ4n) is 3.60. The molecule has 3 heterocycles. The van der Waals surface area contributed by atoms with Gasteiger partial charge < -0.3 is 10.2 Å². The SMILES string of the molecule is O=C(NCC1CCN(c2cccnc2)CC1)C1(c2cccs2)CC1. The second-order valence-corrected chi connectivity index (χ2v) is 7.86. The predicted octanol–water partition coefficient (Wildman–Crippen LogP) is 3.21. The summed E-state index contributed by atoms with van der Waals surface area (Å²) in [6.45, 7) is 2.90. The van der Waals surface area contributed by atoms with Gasteiger partial charge in [-0.1, -0.05) is 6.07 Å². The number of piperidine rings is 1. The van der Waals surface area contributed by atoms with Gasteiger partial charge in [0.05, 0.1) is 17.3 Å². The lowest BCUT2D eigenvalue weighted by Gasteiger charge is -2.33. The number of nitrogens with zero attached hydrogens (tertiary/aromatic N) is 2. The molecule has 5 heteroatoms. The Kier molecular flexibility index (Phi) is 4.27. The summed E-state index contributed by atoms with van der Waals surface area (Å²) in [7, 11) is 0. The number of hydrogen-bond acceptors (Lipinski definition) is 4. The van der Waals surface area contributed by atoms with Crippen LogP contribution in [0.4, 0.5) is 5.69 Å². The Morgan fingerprint density at radius 2 is 2.12 bits per heavy atom. The van der Waals surface area contributed by atoms with Crippen molar-refractivity contribution in [1.29, 1.82) is 0 Å². The topological polar surface area (TPSA) is 45.2 Å². The Hall–Kier alpha value is -1.88. The highest BCUT2D eigenvalue weighted by molar-refractivity contribution is 7.10. The smallest absolute Gasteiger partial charge is 0.231 e. The number of hydrogen-bond donors (Lipinski definition) is 1. The Morgan fingerprint density at radius 1 is 1.29 bits per heavy atom. The largest absolute Gasteiger partial charge is 0.370 e. The van der Waals surface area contributed by atoms with Crippen molar-refractivity contribution >= 4 is 22.9 Å². The molecule has 1 aliphatic heterocycles. The summed E-state index contributed by atoms with van der Waals surface area (Å²) in [5.74, 6) is 0.820. The number of anilines is 1. The van der Waals surface area contributed by atoms with E-state index in [9.17, 15) is 4.79 Å². The highest BCUT2D eigenvalue weighted by atomic mass is 32.1. The zero-order valence-corrected chi connectivity index (χ0v) is 14.6. The first-order valence-electron chi connectivity index (χ1n) is 8.75. The maximum absolute atomic E-state index is 12.6. The van der Waals surface area contributed by atoms with E-state index in [4.69, 9.17) is 0 Å². The van der Waals surface area contributed by atoms with Crippen molar-refractivity contribution in [2.75, 3.05) is 24.5 Å². The predicted molar refractivity (Wildman–Crippen MR) is 97.4 cm³/mol. The van der Waals surface area contributed by atoms with Crippen molar-refractivity contribution in [3.8, 4) is 0 Å². The lowest BCUT2D eigenvalue weighted by atomic mass is 9.95. The van der Waals surface area contributed by atoms with Crippen LogP contribution in [0.15, 0.2) is 42.0 Å². The fraction of sp³-hybridized carbons (Fsp3) is 0.474. The van der Waals surface area contributed by atoms with Crippen LogP contribution >= 0.6 is 11.3 Å². The molecule has 126 valence electrons. The molecule has 1 saturated heterocycles. The van der Waals surface area contributed by atoms with E-state index in [2.05, 4.69) is 32.7 Å². The van der Waals surface area contributed by atoms with Crippen molar-refractivity contribution < 1.29 is 4.79 Å². The molecule has 0 bridgehead atoms. The van der Waals surface area contributed by atoms with E-state index in [0.29, 0.717) is 5.92 Å². The van der Waals surface area contributed by atoms with Gasteiger partial charge in [-0.05, 0) is 55.2 Å². The molecule has 2 aliphatic rings. The van der Waals surface area contributed by atoms with Crippen molar-refractivity contribution in [1.82, 2.24) is 10.3 Å². The van der Waals surface area contributed by atoms with E-state index < -0.39 is 0 Å². The maximum Gasteiger partial charge on any atom is 0.231 e. The van der Waals surface area contributed by atoms with Gasteiger partial charge in [-0.25, -0.2) is 0 Å². The van der Waals surface area contributed by atoms with E-state index in [1.807, 2.05) is 24.5 Å². The Bertz CT molecular complexity index is 674. The number of rotatable bonds is 5. The molecule has 0 aromatic carbocycles. The molecule has 1 N–H and O–H groups in total. The van der Waals surface area contributed by atoms with Crippen molar-refractivity contribution in [3.63, 3.8) is 0 Å². The lowest BCUT2D eigenvalue weighted by molar-refractivity contribution is -0.123. The van der Waals surface area contributed by atoms with Crippen LogP contribution in [0.1, 0.15) is 30.6 Å². The summed E-state index contributed by atoms with van der Waals surface area (Å²) < 4.78 is 0. The third-order valence-corrected chi connectivity index (χ3v) is 6.43. The molecule has 0 atom stereocenters. The van der Waals surface area contributed by atoms with Crippen LogP contribution in [0.25, 0.3) is 0 Å². The summed E-state index contributed by atoms with van der Waals surface area (Å²) in [6, 6.07) is 8.25. The van der Waals surface area contributed by atoms with E-state index in [-0.39, 0.29) is 11.3 Å². The highest BCUT2D eigenvalue weighted by Crippen LogP contribution is 2.50. The van der Waals surface area contributed by atoms with E-state index in [1.165, 1.54) is 10.6 Å². The van der Waals surface area contributed by atoms with Gasteiger partial charge in [0.25, 0.3) is 0 Å². The quantitative estimate of drug-likeness (QED) is 0.908. The van der Waals surface area contributed by atoms with Gasteiger partial charge in [0.1, 0.15) is 0 Å².